The third-order valence-corrected chi connectivity index (χ3v) is 6.43. The third-order valence-electron chi connectivity index (χ3n) is 6.43. The van der Waals surface area contributed by atoms with Crippen molar-refractivity contribution in [2.75, 3.05) is 19.6 Å². The lowest BCUT2D eigenvalue weighted by molar-refractivity contribution is -0.144. The molecule has 6 nitrogen and oxygen atoms in total. The maximum atomic E-state index is 13.3. The van der Waals surface area contributed by atoms with Crippen molar-refractivity contribution in [2.24, 2.45) is 18.9 Å². The van der Waals surface area contributed by atoms with E-state index in [1.54, 1.807) is 4.68 Å². The molecule has 2 aromatic rings. The SMILES string of the molecule is Cn1nc(C(=O)N2CC3CC(C2)C2CCCC(=O)N2C3)c2ccccc21. The van der Waals surface area contributed by atoms with Crippen molar-refractivity contribution in [3.63, 3.8) is 0 Å². The number of hydrogen-bond acceptors (Lipinski definition) is 3. The molecule has 1 aromatic heterocycles. The summed E-state index contributed by atoms with van der Waals surface area (Å²) in [6.45, 7) is 2.29. The molecule has 1 aromatic carbocycles. The largest absolute Gasteiger partial charge is 0.339 e. The van der Waals surface area contributed by atoms with Gasteiger partial charge in [0.2, 0.25) is 5.91 Å². The van der Waals surface area contributed by atoms with E-state index in [-0.39, 0.29) is 5.91 Å². The summed E-state index contributed by atoms with van der Waals surface area (Å²) in [5, 5.41) is 5.43. The first kappa shape index (κ1) is 15.9. The minimum absolute atomic E-state index is 0.0343. The number of aromatic nitrogens is 2. The molecule has 3 fully saturated rings. The van der Waals surface area contributed by atoms with Gasteiger partial charge in [0.15, 0.2) is 5.69 Å². The minimum Gasteiger partial charge on any atom is -0.339 e. The van der Waals surface area contributed by atoms with Gasteiger partial charge in [0.25, 0.3) is 5.91 Å². The first-order chi connectivity index (χ1) is 12.6. The molecule has 26 heavy (non-hydrogen) atoms. The Hall–Kier alpha value is -2.37. The van der Waals surface area contributed by atoms with E-state index in [0.29, 0.717) is 35.9 Å². The number of nitrogens with zero attached hydrogens (tertiary/aromatic N) is 4. The van der Waals surface area contributed by atoms with E-state index in [0.717, 1.165) is 49.8 Å². The number of rotatable bonds is 1. The second-order valence-electron chi connectivity index (χ2n) is 8.07. The van der Waals surface area contributed by atoms with Gasteiger partial charge in [-0.2, -0.15) is 5.10 Å². The van der Waals surface area contributed by atoms with Crippen LogP contribution in [0.25, 0.3) is 10.9 Å². The molecule has 6 heteroatoms. The Morgan fingerprint density at radius 1 is 1.19 bits per heavy atom. The molecule has 3 atom stereocenters. The maximum Gasteiger partial charge on any atom is 0.275 e. The number of piperidine rings is 3. The average molecular weight is 352 g/mol. The molecule has 5 rings (SSSR count). The van der Waals surface area contributed by atoms with Crippen LogP contribution in [0.3, 0.4) is 0 Å². The van der Waals surface area contributed by atoms with E-state index in [1.807, 2.05) is 36.2 Å². The fraction of sp³-hybridized carbons (Fsp3) is 0.550. The van der Waals surface area contributed by atoms with Gasteiger partial charge in [-0.05, 0) is 37.2 Å². The number of aryl methyl sites for hydroxylation is 1. The summed E-state index contributed by atoms with van der Waals surface area (Å²) < 4.78 is 1.79. The predicted molar refractivity (Wildman–Crippen MR) is 97.6 cm³/mol. The van der Waals surface area contributed by atoms with Gasteiger partial charge in [0.1, 0.15) is 0 Å². The zero-order chi connectivity index (χ0) is 17.8. The standard InChI is InChI=1S/C20H24N4O2/c1-22-17-6-3-2-5-15(17)19(21-22)20(26)23-10-13-9-14(12-23)16-7-4-8-18(25)24(16)11-13/h2-3,5-6,13-14,16H,4,7-12H2,1H3. The highest BCUT2D eigenvalue weighted by Gasteiger charge is 2.45. The molecule has 0 saturated carbocycles. The number of benzene rings is 1. The van der Waals surface area contributed by atoms with Crippen molar-refractivity contribution in [1.82, 2.24) is 19.6 Å². The van der Waals surface area contributed by atoms with E-state index in [1.165, 1.54) is 0 Å². The molecule has 3 aliphatic rings. The van der Waals surface area contributed by atoms with Crippen LogP contribution in [0.15, 0.2) is 24.3 Å². The summed E-state index contributed by atoms with van der Waals surface area (Å²) in [6, 6.07) is 8.22. The number of carbonyl (C=O) groups is 2. The lowest BCUT2D eigenvalue weighted by atomic mass is 9.76. The van der Waals surface area contributed by atoms with Crippen molar-refractivity contribution in [3.8, 4) is 0 Å². The topological polar surface area (TPSA) is 58.4 Å². The van der Waals surface area contributed by atoms with Crippen LogP contribution in [0.5, 0.6) is 0 Å². The van der Waals surface area contributed by atoms with Gasteiger partial charge in [-0.25, -0.2) is 0 Å². The van der Waals surface area contributed by atoms with Crippen molar-refractivity contribution in [2.45, 2.75) is 31.7 Å². The van der Waals surface area contributed by atoms with Gasteiger partial charge in [0, 0.05) is 44.5 Å². The average Bonchev–Trinajstić information content (AvgIpc) is 2.99. The Balaban J connectivity index is 1.43. The third kappa shape index (κ3) is 2.35. The lowest BCUT2D eigenvalue weighted by Gasteiger charge is -2.52. The highest BCUT2D eigenvalue weighted by Crippen LogP contribution is 2.38. The summed E-state index contributed by atoms with van der Waals surface area (Å²) in [5.41, 5.74) is 1.54. The lowest BCUT2D eigenvalue weighted by Crippen LogP contribution is -2.61. The molecular weight excluding hydrogens is 328 g/mol. The molecule has 3 aliphatic heterocycles. The van der Waals surface area contributed by atoms with E-state index in [4.69, 9.17) is 0 Å². The van der Waals surface area contributed by atoms with Gasteiger partial charge >= 0.3 is 0 Å². The number of carbonyl (C=O) groups excluding carboxylic acids is 2. The quantitative estimate of drug-likeness (QED) is 0.789. The van der Waals surface area contributed by atoms with Crippen LogP contribution in [0.4, 0.5) is 0 Å². The number of fused-ring (bicyclic) bond motifs is 5. The summed E-state index contributed by atoms with van der Waals surface area (Å²) in [4.78, 5) is 29.6. The van der Waals surface area contributed by atoms with Crippen LogP contribution in [0.2, 0.25) is 0 Å². The molecule has 4 heterocycles. The van der Waals surface area contributed by atoms with Crippen LogP contribution in [-0.4, -0.2) is 57.1 Å². The van der Waals surface area contributed by atoms with Gasteiger partial charge in [-0.1, -0.05) is 18.2 Å². The Bertz CT molecular complexity index is 889. The van der Waals surface area contributed by atoms with Gasteiger partial charge in [-0.3, -0.25) is 14.3 Å². The number of likely N-dealkylation sites (tertiary alicyclic amines) is 1. The Labute approximate surface area is 152 Å². The summed E-state index contributed by atoms with van der Waals surface area (Å²) in [5.74, 6) is 1.15. The summed E-state index contributed by atoms with van der Waals surface area (Å²) in [6.07, 6.45) is 3.90. The molecule has 3 unspecified atom stereocenters. The molecular formula is C20H24N4O2. The Morgan fingerprint density at radius 3 is 2.92 bits per heavy atom. The minimum atomic E-state index is 0.0343. The summed E-state index contributed by atoms with van der Waals surface area (Å²) in [7, 11) is 1.88. The number of para-hydroxylation sites is 1. The fourth-order valence-electron chi connectivity index (χ4n) is 5.30. The Kier molecular flexibility index (Phi) is 3.55. The molecule has 136 valence electrons. The zero-order valence-electron chi connectivity index (χ0n) is 15.1. The van der Waals surface area contributed by atoms with E-state index < -0.39 is 0 Å². The van der Waals surface area contributed by atoms with Crippen molar-refractivity contribution in [1.29, 1.82) is 0 Å². The van der Waals surface area contributed by atoms with E-state index in [9.17, 15) is 9.59 Å². The van der Waals surface area contributed by atoms with Crippen LogP contribution in [-0.2, 0) is 11.8 Å². The van der Waals surface area contributed by atoms with Crippen molar-refractivity contribution in [3.05, 3.63) is 30.0 Å². The van der Waals surface area contributed by atoms with Gasteiger partial charge in [-0.15, -0.1) is 0 Å². The first-order valence-electron chi connectivity index (χ1n) is 9.62. The van der Waals surface area contributed by atoms with E-state index in [2.05, 4.69) is 10.00 Å². The normalized spacial score (nSPS) is 28.3. The molecule has 2 bridgehead atoms. The van der Waals surface area contributed by atoms with Crippen molar-refractivity contribution >= 4 is 22.7 Å². The van der Waals surface area contributed by atoms with E-state index >= 15 is 0 Å². The molecule has 0 spiro atoms. The number of hydrogen-bond donors (Lipinski definition) is 0. The van der Waals surface area contributed by atoms with Gasteiger partial charge < -0.3 is 9.80 Å². The van der Waals surface area contributed by atoms with Crippen molar-refractivity contribution < 1.29 is 9.59 Å². The molecule has 3 saturated heterocycles. The second-order valence-corrected chi connectivity index (χ2v) is 8.07. The maximum absolute atomic E-state index is 13.3. The Morgan fingerprint density at radius 2 is 2.04 bits per heavy atom. The fourth-order valence-corrected chi connectivity index (χ4v) is 5.30. The van der Waals surface area contributed by atoms with Crippen LogP contribution in [0, 0.1) is 11.8 Å². The summed E-state index contributed by atoms with van der Waals surface area (Å²) >= 11 is 0. The molecule has 2 amide bonds. The monoisotopic (exact) mass is 352 g/mol. The molecule has 0 aliphatic carbocycles. The van der Waals surface area contributed by atoms with Crippen LogP contribution < -0.4 is 0 Å². The zero-order valence-corrected chi connectivity index (χ0v) is 15.1. The van der Waals surface area contributed by atoms with Gasteiger partial charge in [0.05, 0.1) is 5.52 Å². The molecule has 0 radical (unpaired) electrons. The molecule has 0 N–H and O–H groups in total. The first-order valence-corrected chi connectivity index (χ1v) is 9.62. The predicted octanol–water partition coefficient (Wildman–Crippen LogP) is 2.05. The highest BCUT2D eigenvalue weighted by atomic mass is 16.2. The highest BCUT2D eigenvalue weighted by molar-refractivity contribution is 6.04. The smallest absolute Gasteiger partial charge is 0.275 e. The van der Waals surface area contributed by atoms with Crippen LogP contribution >= 0.6 is 0 Å². The van der Waals surface area contributed by atoms with Crippen LogP contribution in [0.1, 0.15) is 36.2 Å². The second kappa shape index (κ2) is 5.83. The number of amides is 2.